The molecule has 1 aromatic rings. The van der Waals surface area contributed by atoms with Crippen LogP contribution in [0.5, 0.6) is 0 Å². The monoisotopic (exact) mass is 333 g/mol. The van der Waals surface area contributed by atoms with E-state index in [1.807, 2.05) is 0 Å². The fourth-order valence-electron chi connectivity index (χ4n) is 2.25. The van der Waals surface area contributed by atoms with Crippen molar-refractivity contribution in [3.05, 3.63) is 53.0 Å². The van der Waals surface area contributed by atoms with Crippen molar-refractivity contribution in [2.75, 3.05) is 6.54 Å². The van der Waals surface area contributed by atoms with Gasteiger partial charge < -0.3 is 0 Å². The zero-order valence-electron chi connectivity index (χ0n) is 11.3. The van der Waals surface area contributed by atoms with Gasteiger partial charge in [0.1, 0.15) is 12.2 Å². The molecule has 0 amide bonds. The van der Waals surface area contributed by atoms with Crippen LogP contribution in [0.4, 0.5) is 26.3 Å². The first-order valence-electron chi connectivity index (χ1n) is 6.43. The fourth-order valence-corrected chi connectivity index (χ4v) is 2.25. The first kappa shape index (κ1) is 15.6. The van der Waals surface area contributed by atoms with E-state index in [1.54, 1.807) is 0 Å². The molecule has 23 heavy (non-hydrogen) atoms. The van der Waals surface area contributed by atoms with E-state index < -0.39 is 30.0 Å². The van der Waals surface area contributed by atoms with Gasteiger partial charge in [-0.25, -0.2) is 14.8 Å². The van der Waals surface area contributed by atoms with Gasteiger partial charge in [0.05, 0.1) is 11.4 Å². The topological polar surface area (TPSA) is 27.6 Å². The lowest BCUT2D eigenvalue weighted by atomic mass is 10.0. The summed E-state index contributed by atoms with van der Waals surface area (Å²) in [5.41, 5.74) is 1.55. The van der Waals surface area contributed by atoms with Crippen LogP contribution in [0.15, 0.2) is 46.6 Å². The summed E-state index contributed by atoms with van der Waals surface area (Å²) in [6.45, 7) is -0.652. The molecule has 0 radical (unpaired) electrons. The van der Waals surface area contributed by atoms with Crippen molar-refractivity contribution in [3.8, 4) is 0 Å². The molecule has 122 valence electrons. The summed E-state index contributed by atoms with van der Waals surface area (Å²) in [6, 6.07) is 5.01. The summed E-state index contributed by atoms with van der Waals surface area (Å²) < 4.78 is 77.9. The molecule has 3 rings (SSSR count). The van der Waals surface area contributed by atoms with E-state index in [9.17, 15) is 26.3 Å². The molecule has 0 aromatic heterocycles. The number of aliphatic imine (C=N–C) groups is 1. The first-order chi connectivity index (χ1) is 10.7. The molecule has 2 aliphatic heterocycles. The first-order valence-corrected chi connectivity index (χ1v) is 6.43. The molecule has 0 atom stereocenters. The van der Waals surface area contributed by atoms with E-state index in [2.05, 4.69) is 10.4 Å². The predicted molar refractivity (Wildman–Crippen MR) is 70.7 cm³/mol. The van der Waals surface area contributed by atoms with Crippen LogP contribution in [-0.4, -0.2) is 30.0 Å². The Morgan fingerprint density at radius 3 is 2.30 bits per heavy atom. The van der Waals surface area contributed by atoms with Gasteiger partial charge in [0.25, 0.3) is 0 Å². The molecule has 0 aliphatic carbocycles. The zero-order valence-corrected chi connectivity index (χ0v) is 11.3. The Morgan fingerprint density at radius 1 is 1.04 bits per heavy atom. The highest BCUT2D eigenvalue weighted by molar-refractivity contribution is 5.80. The highest BCUT2D eigenvalue weighted by Gasteiger charge is 2.61. The SMILES string of the molecule is Fc1ccc(C2=CC3=C(C(F)(F)C(F)(F)F)CNN3C=N2)cc1. The van der Waals surface area contributed by atoms with Crippen LogP contribution in [0.25, 0.3) is 5.70 Å². The number of benzene rings is 1. The van der Waals surface area contributed by atoms with Crippen molar-refractivity contribution in [3.63, 3.8) is 0 Å². The molecule has 1 N–H and O–H groups in total. The standard InChI is InChI=1S/C14H9F6N3/c15-9-3-1-8(2-4-9)11-5-12-10(6-22-23(12)7-21-11)13(16,17)14(18,19)20/h1-5,7,22H,6H2. The van der Waals surface area contributed by atoms with Crippen molar-refractivity contribution in [1.29, 1.82) is 0 Å². The second-order valence-corrected chi connectivity index (χ2v) is 4.92. The van der Waals surface area contributed by atoms with Gasteiger partial charge in [-0.15, -0.1) is 0 Å². The third-order valence-corrected chi connectivity index (χ3v) is 3.46. The summed E-state index contributed by atoms with van der Waals surface area (Å²) >= 11 is 0. The van der Waals surface area contributed by atoms with Crippen LogP contribution in [0, 0.1) is 5.82 Å². The minimum Gasteiger partial charge on any atom is -0.265 e. The van der Waals surface area contributed by atoms with Crippen molar-refractivity contribution in [2.24, 2.45) is 4.99 Å². The second-order valence-electron chi connectivity index (χ2n) is 4.92. The van der Waals surface area contributed by atoms with Crippen LogP contribution >= 0.6 is 0 Å². The van der Waals surface area contributed by atoms with E-state index in [4.69, 9.17) is 0 Å². The number of nitrogens with one attached hydrogen (secondary N) is 1. The molecular formula is C14H9F6N3. The Hall–Kier alpha value is -2.29. The Balaban J connectivity index is 2.05. The smallest absolute Gasteiger partial charge is 0.265 e. The van der Waals surface area contributed by atoms with Crippen LogP contribution in [0.3, 0.4) is 0 Å². The Kier molecular flexibility index (Phi) is 3.47. The van der Waals surface area contributed by atoms with Crippen molar-refractivity contribution >= 4 is 12.0 Å². The van der Waals surface area contributed by atoms with Crippen LogP contribution in [-0.2, 0) is 0 Å². The van der Waals surface area contributed by atoms with E-state index in [0.717, 1.165) is 29.6 Å². The molecule has 2 aliphatic rings. The summed E-state index contributed by atoms with van der Waals surface area (Å²) in [5.74, 6) is -5.46. The van der Waals surface area contributed by atoms with Gasteiger partial charge in [-0.1, -0.05) is 0 Å². The number of rotatable bonds is 2. The fraction of sp³-hybridized carbons (Fsp3) is 0.214. The molecule has 0 bridgehead atoms. The number of fused-ring (bicyclic) bond motifs is 1. The van der Waals surface area contributed by atoms with Crippen LogP contribution < -0.4 is 5.43 Å². The van der Waals surface area contributed by atoms with Gasteiger partial charge in [-0.3, -0.25) is 5.01 Å². The maximum absolute atomic E-state index is 13.6. The molecular weight excluding hydrogens is 324 g/mol. The lowest BCUT2D eigenvalue weighted by Crippen LogP contribution is -2.39. The quantitative estimate of drug-likeness (QED) is 0.839. The highest BCUT2D eigenvalue weighted by atomic mass is 19.4. The number of hydrazine groups is 1. The van der Waals surface area contributed by atoms with Gasteiger partial charge in [0, 0.05) is 17.7 Å². The average molecular weight is 333 g/mol. The highest BCUT2D eigenvalue weighted by Crippen LogP contribution is 2.44. The van der Waals surface area contributed by atoms with Gasteiger partial charge in [0.2, 0.25) is 0 Å². The maximum Gasteiger partial charge on any atom is 0.457 e. The lowest BCUT2D eigenvalue weighted by molar-refractivity contribution is -0.264. The minimum atomic E-state index is -5.69. The predicted octanol–water partition coefficient (Wildman–Crippen LogP) is 3.48. The lowest BCUT2D eigenvalue weighted by Gasteiger charge is -2.23. The molecule has 0 spiro atoms. The third kappa shape index (κ3) is 2.61. The zero-order chi connectivity index (χ0) is 16.8. The number of allylic oxidation sites excluding steroid dienone is 1. The molecule has 2 heterocycles. The van der Waals surface area contributed by atoms with Gasteiger partial charge in [0.15, 0.2) is 0 Å². The average Bonchev–Trinajstić information content (AvgIpc) is 2.90. The second kappa shape index (κ2) is 5.12. The van der Waals surface area contributed by atoms with Gasteiger partial charge in [-0.2, -0.15) is 22.0 Å². The van der Waals surface area contributed by atoms with Crippen LogP contribution in [0.2, 0.25) is 0 Å². The molecule has 3 nitrogen and oxygen atoms in total. The Bertz CT molecular complexity index is 715. The molecule has 0 saturated carbocycles. The Labute approximate surface area is 126 Å². The minimum absolute atomic E-state index is 0.162. The Morgan fingerprint density at radius 2 is 1.70 bits per heavy atom. The van der Waals surface area contributed by atoms with E-state index in [-0.39, 0.29) is 11.4 Å². The number of halogens is 6. The number of alkyl halides is 5. The van der Waals surface area contributed by atoms with Crippen molar-refractivity contribution in [2.45, 2.75) is 12.1 Å². The summed E-state index contributed by atoms with van der Waals surface area (Å²) in [7, 11) is 0. The summed E-state index contributed by atoms with van der Waals surface area (Å²) in [4.78, 5) is 3.97. The molecule has 1 aromatic carbocycles. The van der Waals surface area contributed by atoms with Crippen molar-refractivity contribution < 1.29 is 26.3 Å². The normalized spacial score (nSPS) is 18.3. The van der Waals surface area contributed by atoms with Crippen molar-refractivity contribution in [1.82, 2.24) is 10.4 Å². The third-order valence-electron chi connectivity index (χ3n) is 3.46. The van der Waals surface area contributed by atoms with E-state index in [0.29, 0.717) is 5.56 Å². The molecule has 0 saturated heterocycles. The number of hydrogen-bond donors (Lipinski definition) is 1. The number of hydrogen-bond acceptors (Lipinski definition) is 3. The summed E-state index contributed by atoms with van der Waals surface area (Å²) in [6.07, 6.45) is -3.47. The number of nitrogens with zero attached hydrogens (tertiary/aromatic N) is 2. The van der Waals surface area contributed by atoms with Crippen LogP contribution in [0.1, 0.15) is 5.56 Å². The largest absolute Gasteiger partial charge is 0.457 e. The maximum atomic E-state index is 13.6. The van der Waals surface area contributed by atoms with E-state index >= 15 is 0 Å². The molecule has 0 fully saturated rings. The van der Waals surface area contributed by atoms with E-state index in [1.165, 1.54) is 12.1 Å². The van der Waals surface area contributed by atoms with Gasteiger partial charge >= 0.3 is 12.1 Å². The molecule has 9 heteroatoms. The summed E-state index contributed by atoms with van der Waals surface area (Å²) in [5, 5.41) is 1.00. The van der Waals surface area contributed by atoms with Gasteiger partial charge in [-0.05, 0) is 30.3 Å². The molecule has 0 unspecified atom stereocenters.